The van der Waals surface area contributed by atoms with Gasteiger partial charge in [0.15, 0.2) is 23.0 Å². The van der Waals surface area contributed by atoms with Crippen LogP contribution in [0.5, 0.6) is 23.0 Å². The van der Waals surface area contributed by atoms with Gasteiger partial charge in [0.25, 0.3) is 5.91 Å². The first-order valence-corrected chi connectivity index (χ1v) is 9.98. The van der Waals surface area contributed by atoms with E-state index in [1.807, 2.05) is 6.92 Å². The fraction of sp³-hybridized carbons (Fsp3) is 0.227. The molecule has 32 heavy (non-hydrogen) atoms. The molecule has 0 saturated heterocycles. The second kappa shape index (κ2) is 7.80. The molecule has 0 fully saturated rings. The van der Waals surface area contributed by atoms with Gasteiger partial charge in [0.2, 0.25) is 24.9 Å². The molecule has 0 unspecified atom stereocenters. The molecular weight excluding hydrogens is 418 g/mol. The van der Waals surface area contributed by atoms with Crippen molar-refractivity contribution in [3.05, 3.63) is 52.3 Å². The first-order chi connectivity index (χ1) is 15.5. The van der Waals surface area contributed by atoms with E-state index in [-0.39, 0.29) is 25.7 Å². The Hall–Kier alpha value is -4.21. The monoisotopic (exact) mass is 437 g/mol. The average Bonchev–Trinajstić information content (AvgIpc) is 3.45. The maximum absolute atomic E-state index is 13.0. The normalized spacial score (nSPS) is 13.3. The zero-order chi connectivity index (χ0) is 22.2. The SMILES string of the molecule is CCn1cc(C(=O)NCC(=O)Nc2ccc3c(c2)OCO3)c(=O)c2cc3c(cc21)OCO3. The summed E-state index contributed by atoms with van der Waals surface area (Å²) in [6, 6.07) is 8.29. The number of carbonyl (C=O) groups is 2. The summed E-state index contributed by atoms with van der Waals surface area (Å²) in [6.45, 7) is 2.33. The molecule has 0 bridgehead atoms. The minimum absolute atomic E-state index is 0.0610. The van der Waals surface area contributed by atoms with Crippen LogP contribution in [0.4, 0.5) is 5.69 Å². The molecule has 2 aromatic carbocycles. The van der Waals surface area contributed by atoms with Gasteiger partial charge in [-0.3, -0.25) is 14.4 Å². The van der Waals surface area contributed by atoms with E-state index < -0.39 is 17.2 Å². The molecule has 5 rings (SSSR count). The van der Waals surface area contributed by atoms with Gasteiger partial charge in [0.1, 0.15) is 5.56 Å². The second-order valence-corrected chi connectivity index (χ2v) is 7.18. The maximum atomic E-state index is 13.0. The lowest BCUT2D eigenvalue weighted by Gasteiger charge is -2.12. The van der Waals surface area contributed by atoms with Crippen LogP contribution < -0.4 is 35.0 Å². The molecule has 0 saturated carbocycles. The van der Waals surface area contributed by atoms with E-state index in [0.29, 0.717) is 46.1 Å². The zero-order valence-electron chi connectivity index (χ0n) is 17.1. The minimum atomic E-state index is -0.641. The summed E-state index contributed by atoms with van der Waals surface area (Å²) in [5.41, 5.74) is 0.633. The van der Waals surface area contributed by atoms with Gasteiger partial charge in [-0.15, -0.1) is 0 Å². The second-order valence-electron chi connectivity index (χ2n) is 7.18. The van der Waals surface area contributed by atoms with Crippen molar-refractivity contribution in [2.45, 2.75) is 13.5 Å². The minimum Gasteiger partial charge on any atom is -0.454 e. The Morgan fingerprint density at radius 1 is 0.969 bits per heavy atom. The first-order valence-electron chi connectivity index (χ1n) is 9.98. The summed E-state index contributed by atoms with van der Waals surface area (Å²) < 4.78 is 23.0. The summed E-state index contributed by atoms with van der Waals surface area (Å²) in [5, 5.41) is 5.52. The highest BCUT2D eigenvalue weighted by Gasteiger charge is 2.21. The maximum Gasteiger partial charge on any atom is 0.257 e. The predicted molar refractivity (Wildman–Crippen MR) is 114 cm³/mol. The van der Waals surface area contributed by atoms with Crippen molar-refractivity contribution < 1.29 is 28.5 Å². The molecule has 0 atom stereocenters. The van der Waals surface area contributed by atoms with Gasteiger partial charge in [-0.05, 0) is 25.1 Å². The largest absolute Gasteiger partial charge is 0.454 e. The van der Waals surface area contributed by atoms with Crippen molar-refractivity contribution in [2.75, 3.05) is 25.4 Å². The smallest absolute Gasteiger partial charge is 0.257 e. The number of hydrogen-bond donors (Lipinski definition) is 2. The molecule has 0 radical (unpaired) electrons. The number of hydrogen-bond acceptors (Lipinski definition) is 7. The van der Waals surface area contributed by atoms with E-state index in [1.165, 1.54) is 6.20 Å². The lowest BCUT2D eigenvalue weighted by atomic mass is 10.1. The average molecular weight is 437 g/mol. The number of amides is 2. The summed E-state index contributed by atoms with van der Waals surface area (Å²) in [7, 11) is 0. The Labute approximate surface area is 181 Å². The van der Waals surface area contributed by atoms with E-state index in [2.05, 4.69) is 10.6 Å². The van der Waals surface area contributed by atoms with E-state index >= 15 is 0 Å². The van der Waals surface area contributed by atoms with Crippen LogP contribution in [0.3, 0.4) is 0 Å². The Balaban J connectivity index is 1.33. The van der Waals surface area contributed by atoms with Crippen molar-refractivity contribution in [1.29, 1.82) is 0 Å². The van der Waals surface area contributed by atoms with Gasteiger partial charge in [-0.2, -0.15) is 0 Å². The van der Waals surface area contributed by atoms with Gasteiger partial charge in [0, 0.05) is 30.6 Å². The van der Waals surface area contributed by atoms with Crippen molar-refractivity contribution in [2.24, 2.45) is 0 Å². The lowest BCUT2D eigenvalue weighted by molar-refractivity contribution is -0.115. The predicted octanol–water partition coefficient (Wildman–Crippen LogP) is 1.85. The fourth-order valence-corrected chi connectivity index (χ4v) is 3.64. The van der Waals surface area contributed by atoms with Crippen molar-refractivity contribution in [3.8, 4) is 23.0 Å². The highest BCUT2D eigenvalue weighted by Crippen LogP contribution is 2.35. The number of fused-ring (bicyclic) bond motifs is 3. The number of aromatic nitrogens is 1. The number of ether oxygens (including phenoxy) is 4. The molecule has 2 aliphatic heterocycles. The summed E-state index contributed by atoms with van der Waals surface area (Å²) >= 11 is 0. The fourth-order valence-electron chi connectivity index (χ4n) is 3.64. The number of pyridine rings is 1. The quantitative estimate of drug-likeness (QED) is 0.626. The van der Waals surface area contributed by atoms with Crippen molar-refractivity contribution in [1.82, 2.24) is 9.88 Å². The third-order valence-corrected chi connectivity index (χ3v) is 5.23. The molecule has 10 heteroatoms. The van der Waals surface area contributed by atoms with Crippen LogP contribution in [-0.2, 0) is 11.3 Å². The third-order valence-electron chi connectivity index (χ3n) is 5.23. The number of carbonyl (C=O) groups excluding carboxylic acids is 2. The Morgan fingerprint density at radius 2 is 1.66 bits per heavy atom. The molecule has 0 aliphatic carbocycles. The molecule has 10 nitrogen and oxygen atoms in total. The Morgan fingerprint density at radius 3 is 2.41 bits per heavy atom. The van der Waals surface area contributed by atoms with Crippen LogP contribution in [0.25, 0.3) is 10.9 Å². The molecule has 2 N–H and O–H groups in total. The number of anilines is 1. The highest BCUT2D eigenvalue weighted by atomic mass is 16.7. The van der Waals surface area contributed by atoms with Crippen LogP contribution in [0.1, 0.15) is 17.3 Å². The number of nitrogens with zero attached hydrogens (tertiary/aromatic N) is 1. The van der Waals surface area contributed by atoms with Gasteiger partial charge < -0.3 is 34.1 Å². The summed E-state index contributed by atoms with van der Waals surface area (Å²) in [4.78, 5) is 38.0. The number of benzene rings is 2. The van der Waals surface area contributed by atoms with Crippen molar-refractivity contribution in [3.63, 3.8) is 0 Å². The van der Waals surface area contributed by atoms with E-state index in [4.69, 9.17) is 18.9 Å². The van der Waals surface area contributed by atoms with Crippen LogP contribution in [0.15, 0.2) is 41.3 Å². The van der Waals surface area contributed by atoms with Gasteiger partial charge in [-0.25, -0.2) is 0 Å². The molecule has 2 aliphatic rings. The molecule has 2 amide bonds. The number of nitrogens with one attached hydrogen (secondary N) is 2. The molecule has 1 aromatic heterocycles. The van der Waals surface area contributed by atoms with Gasteiger partial charge in [0.05, 0.1) is 17.4 Å². The summed E-state index contributed by atoms with van der Waals surface area (Å²) in [5.74, 6) is 1.05. The first kappa shape index (κ1) is 19.7. The third kappa shape index (κ3) is 3.45. The van der Waals surface area contributed by atoms with Gasteiger partial charge in [-0.1, -0.05) is 0 Å². The standard InChI is InChI=1S/C22H19N3O7/c1-2-25-9-14(21(27)13-6-18-19(7-15(13)25)32-11-31-18)22(28)23-8-20(26)24-12-3-4-16-17(5-12)30-10-29-16/h3-7,9H,2,8,10-11H2,1H3,(H,23,28)(H,24,26). The topological polar surface area (TPSA) is 117 Å². The summed E-state index contributed by atoms with van der Waals surface area (Å²) in [6.07, 6.45) is 1.48. The van der Waals surface area contributed by atoms with Crippen molar-refractivity contribution >= 4 is 28.4 Å². The number of rotatable bonds is 5. The van der Waals surface area contributed by atoms with Gasteiger partial charge >= 0.3 is 0 Å². The van der Waals surface area contributed by atoms with Crippen LogP contribution >= 0.6 is 0 Å². The number of aryl methyl sites for hydroxylation is 1. The molecular formula is C22H19N3O7. The Kier molecular flexibility index (Phi) is 4.81. The zero-order valence-corrected chi connectivity index (χ0v) is 17.1. The van der Waals surface area contributed by atoms with E-state index in [9.17, 15) is 14.4 Å². The van der Waals surface area contributed by atoms with Crippen LogP contribution in [0.2, 0.25) is 0 Å². The van der Waals surface area contributed by atoms with Crippen LogP contribution in [0, 0.1) is 0 Å². The van der Waals surface area contributed by atoms with E-state index in [0.717, 1.165) is 0 Å². The van der Waals surface area contributed by atoms with Crippen LogP contribution in [-0.4, -0.2) is 36.5 Å². The molecule has 3 aromatic rings. The highest BCUT2D eigenvalue weighted by molar-refractivity contribution is 6.01. The van der Waals surface area contributed by atoms with E-state index in [1.54, 1.807) is 34.9 Å². The Bertz CT molecular complexity index is 1320. The lowest BCUT2D eigenvalue weighted by Crippen LogP contribution is -2.35. The molecule has 164 valence electrons. The molecule has 3 heterocycles. The molecule has 0 spiro atoms.